The first-order chi connectivity index (χ1) is 2.77. The van der Waals surface area contributed by atoms with Crippen molar-refractivity contribution in [2.45, 2.75) is 0 Å². The van der Waals surface area contributed by atoms with Crippen LogP contribution in [0.3, 0.4) is 0 Å². The van der Waals surface area contributed by atoms with Gasteiger partial charge in [0, 0.05) is 14.1 Å². The summed E-state index contributed by atoms with van der Waals surface area (Å²) in [5.74, 6) is 0. The highest BCUT2D eigenvalue weighted by Gasteiger charge is 1.76. The normalized spacial score (nSPS) is 10.0. The van der Waals surface area contributed by atoms with Crippen LogP contribution in [0.25, 0.3) is 0 Å². The fraction of sp³-hybridized carbons (Fsp3) is 1.00. The quantitative estimate of drug-likeness (QED) is 0.337. The average molecular weight is 90.1 g/mol. The fourth-order valence-corrected chi connectivity index (χ4v) is 0.141. The van der Waals surface area contributed by atoms with Gasteiger partial charge >= 0.3 is 0 Å². The highest BCUT2D eigenvalue weighted by atomic mass is 16.3. The third-order valence-corrected chi connectivity index (χ3v) is 0.387. The molecule has 0 aromatic rings. The summed E-state index contributed by atoms with van der Waals surface area (Å²) < 4.78 is 0. The van der Waals surface area contributed by atoms with E-state index >= 15 is 0 Å². The highest BCUT2D eigenvalue weighted by Crippen LogP contribution is 1.54. The van der Waals surface area contributed by atoms with Crippen LogP contribution in [0.1, 0.15) is 0 Å². The summed E-state index contributed by atoms with van der Waals surface area (Å²) in [7, 11) is 3.63. The van der Waals surface area contributed by atoms with Crippen LogP contribution >= 0.6 is 0 Å². The maximum absolute atomic E-state index is 8.08. The number of nitrogens with zero attached hydrogens (tertiary/aromatic N) is 1. The predicted octanol–water partition coefficient (Wildman–Crippen LogP) is -0.998. The molecule has 3 nitrogen and oxygen atoms in total. The molecular weight excluding hydrogens is 80.0 g/mol. The van der Waals surface area contributed by atoms with E-state index in [9.17, 15) is 0 Å². The van der Waals surface area contributed by atoms with Crippen LogP contribution in [0.2, 0.25) is 0 Å². The zero-order chi connectivity index (χ0) is 4.99. The Bertz CT molecular complexity index is 30.0. The number of aliphatic hydroxyl groups excluding tert-OH is 1. The van der Waals surface area contributed by atoms with Gasteiger partial charge in [-0.05, 0) is 0 Å². The van der Waals surface area contributed by atoms with Gasteiger partial charge in [-0.1, -0.05) is 0 Å². The van der Waals surface area contributed by atoms with Crippen molar-refractivity contribution in [1.29, 1.82) is 0 Å². The summed E-state index contributed by atoms with van der Waals surface area (Å²) in [4.78, 5) is 0. The Hall–Kier alpha value is -0.120. The van der Waals surface area contributed by atoms with Crippen LogP contribution < -0.4 is 5.43 Å². The maximum Gasteiger partial charge on any atom is 0.106 e. The Morgan fingerprint density at radius 2 is 2.17 bits per heavy atom. The zero-order valence-corrected chi connectivity index (χ0v) is 4.10. The summed E-state index contributed by atoms with van der Waals surface area (Å²) >= 11 is 0. The number of rotatable bonds is 2. The molecule has 2 N–H and O–H groups in total. The van der Waals surface area contributed by atoms with Crippen molar-refractivity contribution in [3.8, 4) is 0 Å². The molecule has 0 amide bonds. The predicted molar refractivity (Wildman–Crippen MR) is 23.9 cm³/mol. The Labute approximate surface area is 37.5 Å². The lowest BCUT2D eigenvalue weighted by Gasteiger charge is -2.06. The van der Waals surface area contributed by atoms with Gasteiger partial charge in [-0.3, -0.25) is 0 Å². The molecule has 0 saturated heterocycles. The molecule has 0 rings (SSSR count). The standard InChI is InChI=1S/C3H10N2O/c1-5(2)4-3-6/h4,6H,3H2,1-2H3. The first-order valence-electron chi connectivity index (χ1n) is 1.79. The van der Waals surface area contributed by atoms with Crippen molar-refractivity contribution in [1.82, 2.24) is 10.4 Å². The molecule has 0 aliphatic rings. The van der Waals surface area contributed by atoms with Gasteiger partial charge in [-0.15, -0.1) is 0 Å². The van der Waals surface area contributed by atoms with Gasteiger partial charge in [0.05, 0.1) is 0 Å². The second-order valence-corrected chi connectivity index (χ2v) is 1.21. The number of hydrazine groups is 1. The molecule has 0 aromatic carbocycles. The van der Waals surface area contributed by atoms with E-state index in [2.05, 4.69) is 5.43 Å². The van der Waals surface area contributed by atoms with Crippen molar-refractivity contribution in [2.75, 3.05) is 20.8 Å². The summed E-state index contributed by atoms with van der Waals surface area (Å²) in [6, 6.07) is 0. The van der Waals surface area contributed by atoms with Gasteiger partial charge in [-0.25, -0.2) is 10.4 Å². The number of hydrogen-bond donors (Lipinski definition) is 2. The van der Waals surface area contributed by atoms with Gasteiger partial charge < -0.3 is 5.11 Å². The van der Waals surface area contributed by atoms with Crippen molar-refractivity contribution >= 4 is 0 Å². The SMILES string of the molecule is CN(C)NCO. The molecule has 0 unspecified atom stereocenters. The molecule has 0 heterocycles. The van der Waals surface area contributed by atoms with E-state index in [0.29, 0.717) is 0 Å². The van der Waals surface area contributed by atoms with E-state index in [-0.39, 0.29) is 6.73 Å². The monoisotopic (exact) mass is 90.1 g/mol. The number of nitrogens with one attached hydrogen (secondary N) is 1. The van der Waals surface area contributed by atoms with Crippen molar-refractivity contribution in [3.05, 3.63) is 0 Å². The summed E-state index contributed by atoms with van der Waals surface area (Å²) in [6.45, 7) is 0.00694. The molecule has 0 aromatic heterocycles. The van der Waals surface area contributed by atoms with E-state index in [1.54, 1.807) is 5.01 Å². The Kier molecular flexibility index (Phi) is 3.02. The second kappa shape index (κ2) is 3.08. The molecular formula is C3H10N2O. The van der Waals surface area contributed by atoms with E-state index in [0.717, 1.165) is 0 Å². The Balaban J connectivity index is 2.63. The minimum atomic E-state index is 0.00694. The molecule has 3 heteroatoms. The van der Waals surface area contributed by atoms with Crippen LogP contribution in [0.15, 0.2) is 0 Å². The minimum Gasteiger partial charge on any atom is -0.380 e. The molecule has 6 heavy (non-hydrogen) atoms. The summed E-state index contributed by atoms with van der Waals surface area (Å²) in [5.41, 5.74) is 2.60. The molecule has 0 aliphatic carbocycles. The van der Waals surface area contributed by atoms with Gasteiger partial charge in [0.1, 0.15) is 6.73 Å². The van der Waals surface area contributed by atoms with Crippen LogP contribution in [-0.2, 0) is 0 Å². The topological polar surface area (TPSA) is 35.5 Å². The Morgan fingerprint density at radius 1 is 1.67 bits per heavy atom. The minimum absolute atomic E-state index is 0.00694. The molecule has 0 aliphatic heterocycles. The number of aliphatic hydroxyl groups is 1. The van der Waals surface area contributed by atoms with Gasteiger partial charge in [0.15, 0.2) is 0 Å². The lowest BCUT2D eigenvalue weighted by atomic mass is 11.1. The average Bonchev–Trinajstić information content (AvgIpc) is 1.35. The first kappa shape index (κ1) is 5.88. The maximum atomic E-state index is 8.08. The van der Waals surface area contributed by atoms with E-state index in [4.69, 9.17) is 5.11 Å². The van der Waals surface area contributed by atoms with Crippen LogP contribution in [0.5, 0.6) is 0 Å². The molecule has 0 spiro atoms. The van der Waals surface area contributed by atoms with Crippen molar-refractivity contribution in [3.63, 3.8) is 0 Å². The summed E-state index contributed by atoms with van der Waals surface area (Å²) in [6.07, 6.45) is 0. The van der Waals surface area contributed by atoms with Gasteiger partial charge in [0.2, 0.25) is 0 Å². The summed E-state index contributed by atoms with van der Waals surface area (Å²) in [5, 5.41) is 9.76. The molecule has 0 atom stereocenters. The molecule has 0 fully saturated rings. The van der Waals surface area contributed by atoms with E-state index in [1.807, 2.05) is 14.1 Å². The molecule has 38 valence electrons. The first-order valence-corrected chi connectivity index (χ1v) is 1.79. The zero-order valence-electron chi connectivity index (χ0n) is 4.10. The van der Waals surface area contributed by atoms with E-state index < -0.39 is 0 Å². The van der Waals surface area contributed by atoms with Crippen molar-refractivity contribution < 1.29 is 5.11 Å². The van der Waals surface area contributed by atoms with Crippen LogP contribution in [0.4, 0.5) is 0 Å². The van der Waals surface area contributed by atoms with Gasteiger partial charge in [-0.2, -0.15) is 0 Å². The fourth-order valence-electron chi connectivity index (χ4n) is 0.141. The van der Waals surface area contributed by atoms with E-state index in [1.165, 1.54) is 0 Å². The second-order valence-electron chi connectivity index (χ2n) is 1.21. The van der Waals surface area contributed by atoms with Gasteiger partial charge in [0.25, 0.3) is 0 Å². The molecule has 0 bridgehead atoms. The third kappa shape index (κ3) is 3.88. The smallest absolute Gasteiger partial charge is 0.106 e. The lowest BCUT2D eigenvalue weighted by molar-refractivity contribution is 0.159. The van der Waals surface area contributed by atoms with Crippen LogP contribution in [-0.4, -0.2) is 30.9 Å². The molecule has 0 radical (unpaired) electrons. The van der Waals surface area contributed by atoms with Crippen molar-refractivity contribution in [2.24, 2.45) is 0 Å². The molecule has 0 saturated carbocycles. The Morgan fingerprint density at radius 3 is 2.17 bits per heavy atom. The third-order valence-electron chi connectivity index (χ3n) is 0.387. The van der Waals surface area contributed by atoms with Crippen LogP contribution in [0, 0.1) is 0 Å². The highest BCUT2D eigenvalue weighted by molar-refractivity contribution is 4.17. The number of hydrogen-bond acceptors (Lipinski definition) is 3. The largest absolute Gasteiger partial charge is 0.380 e. The lowest BCUT2D eigenvalue weighted by Crippen LogP contribution is -2.30.